The van der Waals surface area contributed by atoms with Gasteiger partial charge in [0.25, 0.3) is 0 Å². The van der Waals surface area contributed by atoms with Gasteiger partial charge < -0.3 is 13.3 Å². The number of nitrogens with zero attached hydrogens (tertiary/aromatic N) is 1. The van der Waals surface area contributed by atoms with Gasteiger partial charge in [0, 0.05) is 6.42 Å². The van der Waals surface area contributed by atoms with E-state index in [4.69, 9.17) is 13.3 Å². The molecule has 8 heteroatoms. The lowest BCUT2D eigenvalue weighted by Gasteiger charge is -2.22. The standard InChI is InChI=1S/C19H35NO4Si3/c1-25(2,3)22-17-12-10-16(11-13-17)14-18(23-26(4,5)6)20-15-19(21)24-27(7,8)9/h10-13H,14-15H2,1-9H3. The fourth-order valence-electron chi connectivity index (χ4n) is 2.21. The van der Waals surface area contributed by atoms with Crippen LogP contribution in [0.1, 0.15) is 5.56 Å². The largest absolute Gasteiger partial charge is 0.544 e. The van der Waals surface area contributed by atoms with Crippen LogP contribution in [0.5, 0.6) is 5.75 Å². The van der Waals surface area contributed by atoms with Crippen LogP contribution in [-0.2, 0) is 20.1 Å². The SMILES string of the molecule is C[Si](C)(C)OC(=O)CN=C(Cc1ccc(O[Si](C)(C)C)cc1)O[Si](C)(C)C. The highest BCUT2D eigenvalue weighted by Gasteiger charge is 2.22. The summed E-state index contributed by atoms with van der Waals surface area (Å²) in [5.41, 5.74) is 1.08. The molecule has 0 saturated carbocycles. The van der Waals surface area contributed by atoms with Crippen molar-refractivity contribution in [3.05, 3.63) is 29.8 Å². The third-order valence-corrected chi connectivity index (χ3v) is 5.47. The highest BCUT2D eigenvalue weighted by molar-refractivity contribution is 6.71. The van der Waals surface area contributed by atoms with Crippen LogP contribution >= 0.6 is 0 Å². The summed E-state index contributed by atoms with van der Waals surface area (Å²) in [4.78, 5) is 16.4. The maximum atomic E-state index is 12.0. The van der Waals surface area contributed by atoms with E-state index in [9.17, 15) is 4.79 Å². The summed E-state index contributed by atoms with van der Waals surface area (Å²) in [6, 6.07) is 8.02. The van der Waals surface area contributed by atoms with E-state index in [-0.39, 0.29) is 12.5 Å². The van der Waals surface area contributed by atoms with Gasteiger partial charge in [-0.2, -0.15) is 0 Å². The first kappa shape index (κ1) is 23.6. The Kier molecular flexibility index (Phi) is 8.06. The fourth-order valence-corrected chi connectivity index (χ4v) is 4.64. The molecule has 0 saturated heterocycles. The van der Waals surface area contributed by atoms with Crippen LogP contribution in [0.25, 0.3) is 0 Å². The van der Waals surface area contributed by atoms with Crippen molar-refractivity contribution in [3.63, 3.8) is 0 Å². The molecule has 1 rings (SSSR count). The van der Waals surface area contributed by atoms with Crippen LogP contribution in [0, 0.1) is 0 Å². The van der Waals surface area contributed by atoms with Crippen molar-refractivity contribution < 1.29 is 18.1 Å². The molecule has 0 radical (unpaired) electrons. The average Bonchev–Trinajstić information content (AvgIpc) is 2.42. The Hall–Kier alpha value is -1.39. The van der Waals surface area contributed by atoms with Crippen LogP contribution < -0.4 is 4.43 Å². The molecule has 5 nitrogen and oxygen atoms in total. The molecule has 0 fully saturated rings. The summed E-state index contributed by atoms with van der Waals surface area (Å²) in [6.07, 6.45) is 0.553. The molecule has 0 heterocycles. The second-order valence-corrected chi connectivity index (χ2v) is 22.8. The van der Waals surface area contributed by atoms with Gasteiger partial charge in [-0.25, -0.2) is 4.99 Å². The molecule has 27 heavy (non-hydrogen) atoms. The Morgan fingerprint density at radius 3 is 1.78 bits per heavy atom. The molecule has 0 aromatic heterocycles. The van der Waals surface area contributed by atoms with Crippen molar-refractivity contribution >= 4 is 36.8 Å². The van der Waals surface area contributed by atoms with Crippen molar-refractivity contribution in [2.24, 2.45) is 4.99 Å². The minimum Gasteiger partial charge on any atom is -0.544 e. The van der Waals surface area contributed by atoms with Gasteiger partial charge in [-0.3, -0.25) is 4.79 Å². The number of carbonyl (C=O) groups excluding carboxylic acids is 1. The number of carbonyl (C=O) groups is 1. The van der Waals surface area contributed by atoms with Crippen molar-refractivity contribution in [2.75, 3.05) is 6.54 Å². The first-order valence-corrected chi connectivity index (χ1v) is 19.6. The molecule has 0 N–H and O–H groups in total. The predicted octanol–water partition coefficient (Wildman–Crippen LogP) is 5.07. The average molecular weight is 426 g/mol. The van der Waals surface area contributed by atoms with E-state index < -0.39 is 25.0 Å². The van der Waals surface area contributed by atoms with E-state index in [1.54, 1.807) is 0 Å². The lowest BCUT2D eigenvalue weighted by Crippen LogP contribution is -2.32. The van der Waals surface area contributed by atoms with Gasteiger partial charge in [0.05, 0.1) is 0 Å². The van der Waals surface area contributed by atoms with Gasteiger partial charge in [0.1, 0.15) is 12.3 Å². The van der Waals surface area contributed by atoms with Crippen LogP contribution in [0.2, 0.25) is 58.9 Å². The highest BCUT2D eigenvalue weighted by atomic mass is 28.4. The normalized spacial score (nSPS) is 13.3. The zero-order valence-electron chi connectivity index (χ0n) is 18.3. The van der Waals surface area contributed by atoms with E-state index in [0.717, 1.165) is 11.3 Å². The molecule has 0 aliphatic carbocycles. The van der Waals surface area contributed by atoms with Gasteiger partial charge in [-0.05, 0) is 76.6 Å². The van der Waals surface area contributed by atoms with Crippen LogP contribution in [-0.4, -0.2) is 43.4 Å². The molecule has 0 bridgehead atoms. The number of benzene rings is 1. The first-order chi connectivity index (χ1) is 12.1. The fraction of sp³-hybridized carbons (Fsp3) is 0.579. The summed E-state index contributed by atoms with van der Waals surface area (Å²) < 4.78 is 17.6. The third kappa shape index (κ3) is 11.8. The molecule has 0 amide bonds. The lowest BCUT2D eigenvalue weighted by molar-refractivity contribution is -0.133. The predicted molar refractivity (Wildman–Crippen MR) is 120 cm³/mol. The van der Waals surface area contributed by atoms with Crippen molar-refractivity contribution in [1.82, 2.24) is 0 Å². The molecular weight excluding hydrogens is 390 g/mol. The lowest BCUT2D eigenvalue weighted by atomic mass is 10.1. The number of aliphatic imine (C=N–C) groups is 1. The Morgan fingerprint density at radius 2 is 1.33 bits per heavy atom. The van der Waals surface area contributed by atoms with Crippen LogP contribution in [0.3, 0.4) is 0 Å². The monoisotopic (exact) mass is 425 g/mol. The molecule has 152 valence electrons. The van der Waals surface area contributed by atoms with Crippen LogP contribution in [0.15, 0.2) is 29.3 Å². The molecule has 0 atom stereocenters. The van der Waals surface area contributed by atoms with E-state index in [1.165, 1.54) is 0 Å². The molecule has 0 spiro atoms. The Balaban J connectivity index is 2.85. The number of rotatable bonds is 8. The summed E-state index contributed by atoms with van der Waals surface area (Å²) in [5.74, 6) is 1.20. The molecular formula is C19H35NO4Si3. The summed E-state index contributed by atoms with van der Waals surface area (Å²) in [6.45, 7) is 18.7. The summed E-state index contributed by atoms with van der Waals surface area (Å²) in [5, 5.41) is 0. The van der Waals surface area contributed by atoms with E-state index in [2.05, 4.69) is 44.3 Å². The smallest absolute Gasteiger partial charge is 0.314 e. The van der Waals surface area contributed by atoms with E-state index >= 15 is 0 Å². The zero-order chi connectivity index (χ0) is 20.9. The number of hydrogen-bond acceptors (Lipinski definition) is 5. The molecule has 0 unspecified atom stereocenters. The minimum atomic E-state index is -1.90. The van der Waals surface area contributed by atoms with E-state index in [1.807, 2.05) is 43.9 Å². The maximum absolute atomic E-state index is 12.0. The second-order valence-electron chi connectivity index (χ2n) is 9.55. The van der Waals surface area contributed by atoms with Gasteiger partial charge >= 0.3 is 5.97 Å². The zero-order valence-corrected chi connectivity index (χ0v) is 21.3. The van der Waals surface area contributed by atoms with Gasteiger partial charge in [0.2, 0.25) is 25.0 Å². The topological polar surface area (TPSA) is 57.1 Å². The van der Waals surface area contributed by atoms with Crippen molar-refractivity contribution in [2.45, 2.75) is 65.3 Å². The van der Waals surface area contributed by atoms with Gasteiger partial charge in [-0.15, -0.1) is 0 Å². The summed E-state index contributed by atoms with van der Waals surface area (Å²) in [7, 11) is -5.35. The molecule has 0 aliphatic rings. The Morgan fingerprint density at radius 1 is 0.815 bits per heavy atom. The molecule has 1 aromatic carbocycles. The van der Waals surface area contributed by atoms with Gasteiger partial charge in [0.15, 0.2) is 5.90 Å². The van der Waals surface area contributed by atoms with Crippen molar-refractivity contribution in [1.29, 1.82) is 0 Å². The van der Waals surface area contributed by atoms with Crippen molar-refractivity contribution in [3.8, 4) is 5.75 Å². The molecule has 0 aliphatic heterocycles. The van der Waals surface area contributed by atoms with E-state index in [0.29, 0.717) is 12.3 Å². The third-order valence-electron chi connectivity index (χ3n) is 2.93. The maximum Gasteiger partial charge on any atom is 0.314 e. The Labute approximate surface area is 167 Å². The second kappa shape index (κ2) is 9.20. The summed E-state index contributed by atoms with van der Waals surface area (Å²) >= 11 is 0. The molecule has 1 aromatic rings. The Bertz CT molecular complexity index is 654. The number of hydrogen-bond donors (Lipinski definition) is 0. The first-order valence-electron chi connectivity index (χ1n) is 9.35. The minimum absolute atomic E-state index is 0.000895. The van der Waals surface area contributed by atoms with Gasteiger partial charge in [-0.1, -0.05) is 12.1 Å². The highest BCUT2D eigenvalue weighted by Crippen LogP contribution is 2.18. The quantitative estimate of drug-likeness (QED) is 0.331. The van der Waals surface area contributed by atoms with Crippen LogP contribution in [0.4, 0.5) is 0 Å².